The van der Waals surface area contributed by atoms with Crippen LogP contribution in [0.4, 0.5) is 30.6 Å². The van der Waals surface area contributed by atoms with E-state index in [0.717, 1.165) is 17.8 Å². The molecule has 3 rings (SSSR count). The first-order chi connectivity index (χ1) is 12.7. The van der Waals surface area contributed by atoms with Gasteiger partial charge < -0.3 is 15.1 Å². The Bertz CT molecular complexity index is 815. The van der Waals surface area contributed by atoms with Crippen LogP contribution in [0.5, 0.6) is 0 Å². The number of carbonyl (C=O) groups excluding carboxylic acids is 1. The van der Waals surface area contributed by atoms with Crippen LogP contribution in [0, 0.1) is 6.92 Å². The highest BCUT2D eigenvalue weighted by molar-refractivity contribution is 5.73. The Morgan fingerprint density at radius 1 is 1.07 bits per heavy atom. The highest BCUT2D eigenvalue weighted by atomic mass is 19.4. The minimum absolute atomic E-state index is 0.0458. The standard InChI is InChI=1S/C18H20F3N5O/c1-12-11-16(23-15-5-3-14(4-6-15)18(19,20)21)24-17(22-12)26-9-7-25(8-10-26)13(2)27/h3-6,11H,7-10H2,1-2H3,(H,22,23,24). The lowest BCUT2D eigenvalue weighted by Gasteiger charge is -2.34. The molecule has 0 atom stereocenters. The van der Waals surface area contributed by atoms with Gasteiger partial charge in [-0.2, -0.15) is 18.2 Å². The second-order valence-electron chi connectivity index (χ2n) is 6.39. The van der Waals surface area contributed by atoms with E-state index in [2.05, 4.69) is 15.3 Å². The number of hydrogen-bond donors (Lipinski definition) is 1. The van der Waals surface area contributed by atoms with Crippen molar-refractivity contribution >= 4 is 23.4 Å². The number of alkyl halides is 3. The number of nitrogens with one attached hydrogen (secondary N) is 1. The Labute approximate surface area is 155 Å². The smallest absolute Gasteiger partial charge is 0.340 e. The third-order valence-electron chi connectivity index (χ3n) is 4.33. The normalized spacial score (nSPS) is 15.0. The Hall–Kier alpha value is -2.84. The van der Waals surface area contributed by atoms with Gasteiger partial charge >= 0.3 is 6.18 Å². The fourth-order valence-electron chi connectivity index (χ4n) is 2.87. The van der Waals surface area contributed by atoms with Crippen LogP contribution in [0.15, 0.2) is 30.3 Å². The van der Waals surface area contributed by atoms with Crippen molar-refractivity contribution in [3.05, 3.63) is 41.6 Å². The number of benzene rings is 1. The van der Waals surface area contributed by atoms with Gasteiger partial charge in [0, 0.05) is 50.6 Å². The first-order valence-electron chi connectivity index (χ1n) is 8.53. The van der Waals surface area contributed by atoms with Crippen LogP contribution >= 0.6 is 0 Å². The minimum atomic E-state index is -4.36. The summed E-state index contributed by atoms with van der Waals surface area (Å²) in [7, 11) is 0. The number of anilines is 3. The molecular weight excluding hydrogens is 359 g/mol. The molecule has 0 saturated carbocycles. The predicted molar refractivity (Wildman–Crippen MR) is 96.0 cm³/mol. The van der Waals surface area contributed by atoms with Gasteiger partial charge in [0.1, 0.15) is 5.82 Å². The third kappa shape index (κ3) is 4.66. The van der Waals surface area contributed by atoms with E-state index in [1.807, 2.05) is 11.8 Å². The number of hydrogen-bond acceptors (Lipinski definition) is 5. The van der Waals surface area contributed by atoms with Gasteiger partial charge in [-0.05, 0) is 31.2 Å². The third-order valence-corrected chi connectivity index (χ3v) is 4.33. The maximum absolute atomic E-state index is 12.7. The molecule has 1 amide bonds. The number of carbonyl (C=O) groups is 1. The summed E-state index contributed by atoms with van der Waals surface area (Å²) < 4.78 is 38.0. The van der Waals surface area contributed by atoms with E-state index in [1.54, 1.807) is 17.9 Å². The van der Waals surface area contributed by atoms with E-state index >= 15 is 0 Å². The molecule has 27 heavy (non-hydrogen) atoms. The van der Waals surface area contributed by atoms with Crippen molar-refractivity contribution in [3.8, 4) is 0 Å². The second-order valence-corrected chi connectivity index (χ2v) is 6.39. The Kier molecular flexibility index (Phi) is 5.20. The molecule has 9 heteroatoms. The van der Waals surface area contributed by atoms with Gasteiger partial charge in [0.2, 0.25) is 11.9 Å². The van der Waals surface area contributed by atoms with E-state index in [-0.39, 0.29) is 5.91 Å². The van der Waals surface area contributed by atoms with E-state index < -0.39 is 11.7 Å². The molecule has 6 nitrogen and oxygen atoms in total. The zero-order chi connectivity index (χ0) is 19.6. The lowest BCUT2D eigenvalue weighted by molar-refractivity contribution is -0.137. The molecule has 0 bridgehead atoms. The van der Waals surface area contributed by atoms with Crippen LogP contribution in [0.2, 0.25) is 0 Å². The van der Waals surface area contributed by atoms with Crippen molar-refractivity contribution in [2.24, 2.45) is 0 Å². The first-order valence-corrected chi connectivity index (χ1v) is 8.53. The lowest BCUT2D eigenvalue weighted by Crippen LogP contribution is -2.48. The van der Waals surface area contributed by atoms with Crippen molar-refractivity contribution < 1.29 is 18.0 Å². The summed E-state index contributed by atoms with van der Waals surface area (Å²) in [6.07, 6.45) is -4.36. The molecule has 0 aliphatic carbocycles. The quantitative estimate of drug-likeness (QED) is 0.887. The molecular formula is C18H20F3N5O. The van der Waals surface area contributed by atoms with Crippen molar-refractivity contribution in [1.29, 1.82) is 0 Å². The van der Waals surface area contributed by atoms with E-state index in [4.69, 9.17) is 0 Å². The Morgan fingerprint density at radius 3 is 2.26 bits per heavy atom. The van der Waals surface area contributed by atoms with Crippen LogP contribution < -0.4 is 10.2 Å². The molecule has 1 aromatic heterocycles. The zero-order valence-electron chi connectivity index (χ0n) is 15.0. The fourth-order valence-corrected chi connectivity index (χ4v) is 2.87. The molecule has 2 aromatic rings. The van der Waals surface area contributed by atoms with Gasteiger partial charge in [0.15, 0.2) is 0 Å². The fraction of sp³-hybridized carbons (Fsp3) is 0.389. The molecule has 144 valence electrons. The SMILES string of the molecule is CC(=O)N1CCN(c2nc(C)cc(Nc3ccc(C(F)(F)F)cc3)n2)CC1. The van der Waals surface area contributed by atoms with Crippen molar-refractivity contribution in [2.75, 3.05) is 36.4 Å². The predicted octanol–water partition coefficient (Wildman–Crippen LogP) is 3.22. The Balaban J connectivity index is 1.73. The highest BCUT2D eigenvalue weighted by Crippen LogP contribution is 2.30. The summed E-state index contributed by atoms with van der Waals surface area (Å²) in [4.78, 5) is 24.1. The first kappa shape index (κ1) is 18.9. The molecule has 1 fully saturated rings. The lowest BCUT2D eigenvalue weighted by atomic mass is 10.2. The zero-order valence-corrected chi connectivity index (χ0v) is 15.0. The number of amides is 1. The van der Waals surface area contributed by atoms with E-state index in [9.17, 15) is 18.0 Å². The monoisotopic (exact) mass is 379 g/mol. The number of nitrogens with zero attached hydrogens (tertiary/aromatic N) is 4. The van der Waals surface area contributed by atoms with Gasteiger partial charge in [-0.3, -0.25) is 4.79 Å². The van der Waals surface area contributed by atoms with Gasteiger partial charge in [0.25, 0.3) is 0 Å². The summed E-state index contributed by atoms with van der Waals surface area (Å²) in [5.74, 6) is 1.09. The molecule has 2 heterocycles. The summed E-state index contributed by atoms with van der Waals surface area (Å²) in [6, 6.07) is 6.51. The van der Waals surface area contributed by atoms with Gasteiger partial charge in [0.05, 0.1) is 5.56 Å². The summed E-state index contributed by atoms with van der Waals surface area (Å²) in [5.41, 5.74) is 0.549. The van der Waals surface area contributed by atoms with Gasteiger partial charge in [-0.15, -0.1) is 0 Å². The van der Waals surface area contributed by atoms with Crippen LogP contribution in [0.3, 0.4) is 0 Å². The van der Waals surface area contributed by atoms with Crippen LogP contribution in [-0.4, -0.2) is 47.0 Å². The topological polar surface area (TPSA) is 61.4 Å². The summed E-state index contributed by atoms with van der Waals surface area (Å²) >= 11 is 0. The maximum atomic E-state index is 12.7. The minimum Gasteiger partial charge on any atom is -0.340 e. The van der Waals surface area contributed by atoms with Crippen LogP contribution in [-0.2, 0) is 11.0 Å². The van der Waals surface area contributed by atoms with Crippen LogP contribution in [0.25, 0.3) is 0 Å². The Morgan fingerprint density at radius 2 is 1.70 bits per heavy atom. The number of aromatic nitrogens is 2. The molecule has 1 aromatic carbocycles. The van der Waals surface area contributed by atoms with E-state index in [0.29, 0.717) is 43.6 Å². The molecule has 1 N–H and O–H groups in total. The van der Waals surface area contributed by atoms with Crippen molar-refractivity contribution in [3.63, 3.8) is 0 Å². The number of halogens is 3. The number of aryl methyl sites for hydroxylation is 1. The van der Waals surface area contributed by atoms with Gasteiger partial charge in [-0.1, -0.05) is 0 Å². The molecule has 1 aliphatic rings. The number of piperazine rings is 1. The molecule has 0 spiro atoms. The largest absolute Gasteiger partial charge is 0.416 e. The number of rotatable bonds is 3. The summed E-state index contributed by atoms with van der Waals surface area (Å²) in [5, 5.41) is 3.02. The van der Waals surface area contributed by atoms with Crippen molar-refractivity contribution in [1.82, 2.24) is 14.9 Å². The van der Waals surface area contributed by atoms with E-state index in [1.165, 1.54) is 12.1 Å². The highest BCUT2D eigenvalue weighted by Gasteiger charge is 2.30. The van der Waals surface area contributed by atoms with Crippen molar-refractivity contribution in [2.45, 2.75) is 20.0 Å². The van der Waals surface area contributed by atoms with Gasteiger partial charge in [-0.25, -0.2) is 4.98 Å². The molecule has 1 aliphatic heterocycles. The van der Waals surface area contributed by atoms with Crippen LogP contribution in [0.1, 0.15) is 18.2 Å². The summed E-state index contributed by atoms with van der Waals surface area (Å²) in [6.45, 7) is 5.84. The maximum Gasteiger partial charge on any atom is 0.416 e. The molecule has 0 radical (unpaired) electrons. The molecule has 0 unspecified atom stereocenters. The second kappa shape index (κ2) is 7.42. The molecule has 1 saturated heterocycles. The average molecular weight is 379 g/mol. The average Bonchev–Trinajstić information content (AvgIpc) is 2.61.